The highest BCUT2D eigenvalue weighted by atomic mass is 15.1. The molecule has 0 aliphatic carbocycles. The van der Waals surface area contributed by atoms with Gasteiger partial charge in [-0.25, -0.2) is 9.97 Å². The third-order valence-corrected chi connectivity index (χ3v) is 3.04. The summed E-state index contributed by atoms with van der Waals surface area (Å²) in [5.41, 5.74) is 9.39. The van der Waals surface area contributed by atoms with Gasteiger partial charge in [0, 0.05) is 5.69 Å². The molecule has 0 fully saturated rings. The first-order valence-electron chi connectivity index (χ1n) is 6.48. The zero-order valence-corrected chi connectivity index (χ0v) is 11.5. The Morgan fingerprint density at radius 1 is 1.24 bits per heavy atom. The number of hydrogen-bond donors (Lipinski definition) is 4. The summed E-state index contributed by atoms with van der Waals surface area (Å²) in [5, 5.41) is 11.1. The summed E-state index contributed by atoms with van der Waals surface area (Å²) in [7, 11) is 0. The van der Waals surface area contributed by atoms with Crippen LogP contribution in [0.1, 0.15) is 11.3 Å². The summed E-state index contributed by atoms with van der Waals surface area (Å²) < 4.78 is 0. The van der Waals surface area contributed by atoms with E-state index in [1.165, 1.54) is 5.56 Å². The standard InChI is InChI=1S/C14H15N7/c1-8-2-4-9(5-3-8)17-6-10-7-18-13-11(19-10)12(15)20-14(16)21-13/h2-5,7,17H,6H2,1H3,(H4,15,16,18,20,21). The summed E-state index contributed by atoms with van der Waals surface area (Å²) >= 11 is 0. The molecule has 0 atom stereocenters. The van der Waals surface area contributed by atoms with Crippen LogP contribution in [0.3, 0.4) is 0 Å². The van der Waals surface area contributed by atoms with Gasteiger partial charge in [0.1, 0.15) is 0 Å². The second-order valence-electron chi connectivity index (χ2n) is 4.75. The number of nitrogens with two attached hydrogens (primary N) is 1. The zero-order chi connectivity index (χ0) is 14.8. The van der Waals surface area contributed by atoms with Crippen molar-refractivity contribution in [2.24, 2.45) is 0 Å². The Morgan fingerprint density at radius 2 is 2.00 bits per heavy atom. The van der Waals surface area contributed by atoms with Gasteiger partial charge in [0.2, 0.25) is 5.95 Å². The molecular weight excluding hydrogens is 266 g/mol. The maximum Gasteiger partial charge on any atom is 0.201 e. The lowest BCUT2D eigenvalue weighted by molar-refractivity contribution is 0.997. The van der Waals surface area contributed by atoms with Crippen molar-refractivity contribution in [3.8, 4) is 0 Å². The van der Waals surface area contributed by atoms with Crippen LogP contribution in [0.15, 0.2) is 30.5 Å². The molecule has 21 heavy (non-hydrogen) atoms. The minimum absolute atomic E-state index is 0.113. The van der Waals surface area contributed by atoms with Crippen molar-refractivity contribution in [2.75, 3.05) is 11.1 Å². The number of H-pyrrole nitrogens is 1. The van der Waals surface area contributed by atoms with Crippen LogP contribution in [0.25, 0.3) is 11.2 Å². The third-order valence-electron chi connectivity index (χ3n) is 3.04. The Labute approximate surface area is 120 Å². The van der Waals surface area contributed by atoms with Crippen molar-refractivity contribution in [3.63, 3.8) is 0 Å². The molecule has 3 rings (SSSR count). The minimum Gasteiger partial charge on any atom is -0.379 e. The first-order valence-corrected chi connectivity index (χ1v) is 6.48. The van der Waals surface area contributed by atoms with E-state index in [9.17, 15) is 0 Å². The fourth-order valence-corrected chi connectivity index (χ4v) is 1.95. The summed E-state index contributed by atoms with van der Waals surface area (Å²) in [4.78, 5) is 15.2. The Balaban J connectivity index is 1.84. The van der Waals surface area contributed by atoms with Crippen LogP contribution in [0.2, 0.25) is 0 Å². The number of nitrogens with one attached hydrogen (secondary N) is 3. The van der Waals surface area contributed by atoms with Gasteiger partial charge in [-0.15, -0.1) is 0 Å². The fourth-order valence-electron chi connectivity index (χ4n) is 1.95. The van der Waals surface area contributed by atoms with E-state index in [1.807, 2.05) is 31.2 Å². The molecule has 0 bridgehead atoms. The lowest BCUT2D eigenvalue weighted by Crippen LogP contribution is -2.15. The predicted molar refractivity (Wildman–Crippen MR) is 80.5 cm³/mol. The molecule has 0 aliphatic heterocycles. The molecule has 3 aromatic rings. The predicted octanol–water partition coefficient (Wildman–Crippen LogP) is 1.34. The van der Waals surface area contributed by atoms with E-state index in [4.69, 9.17) is 11.1 Å². The molecule has 0 unspecified atom stereocenters. The number of aryl methyl sites for hydroxylation is 1. The van der Waals surface area contributed by atoms with E-state index in [-0.39, 0.29) is 11.4 Å². The van der Waals surface area contributed by atoms with Crippen LogP contribution in [0, 0.1) is 12.3 Å². The van der Waals surface area contributed by atoms with E-state index in [0.29, 0.717) is 17.7 Å². The minimum atomic E-state index is 0.113. The highest BCUT2D eigenvalue weighted by Gasteiger charge is 2.04. The molecule has 0 aliphatic rings. The molecule has 0 radical (unpaired) electrons. The SMILES string of the molecule is Cc1ccc(NCc2cnc3nc(N)[nH]c(=N)c3n2)cc1. The second kappa shape index (κ2) is 5.20. The van der Waals surface area contributed by atoms with Crippen LogP contribution in [-0.4, -0.2) is 19.9 Å². The summed E-state index contributed by atoms with van der Waals surface area (Å²) in [6, 6.07) is 8.10. The Kier molecular flexibility index (Phi) is 3.23. The summed E-state index contributed by atoms with van der Waals surface area (Å²) in [6.07, 6.45) is 1.63. The van der Waals surface area contributed by atoms with Crippen molar-refractivity contribution < 1.29 is 0 Å². The van der Waals surface area contributed by atoms with Gasteiger partial charge in [-0.2, -0.15) is 4.98 Å². The number of rotatable bonds is 3. The molecule has 2 heterocycles. The number of fused-ring (bicyclic) bond motifs is 1. The molecule has 0 saturated heterocycles. The summed E-state index contributed by atoms with van der Waals surface area (Å²) in [5.74, 6) is 0.160. The van der Waals surface area contributed by atoms with Crippen molar-refractivity contribution in [1.82, 2.24) is 19.9 Å². The van der Waals surface area contributed by atoms with Gasteiger partial charge in [0.05, 0.1) is 18.4 Å². The van der Waals surface area contributed by atoms with Crippen LogP contribution >= 0.6 is 0 Å². The number of anilines is 2. The highest BCUT2D eigenvalue weighted by molar-refractivity contribution is 5.68. The maximum atomic E-state index is 7.82. The number of hydrogen-bond acceptors (Lipinski definition) is 6. The van der Waals surface area contributed by atoms with Gasteiger partial charge in [-0.1, -0.05) is 17.7 Å². The molecule has 1 aromatic carbocycles. The quantitative estimate of drug-likeness (QED) is 0.578. The fraction of sp³-hybridized carbons (Fsp3) is 0.143. The topological polar surface area (TPSA) is 116 Å². The van der Waals surface area contributed by atoms with E-state index in [0.717, 1.165) is 11.4 Å². The van der Waals surface area contributed by atoms with E-state index >= 15 is 0 Å². The number of nitrogen functional groups attached to an aromatic ring is 1. The van der Waals surface area contributed by atoms with Crippen molar-refractivity contribution in [3.05, 3.63) is 47.2 Å². The molecule has 106 valence electrons. The maximum absolute atomic E-state index is 7.82. The average molecular weight is 281 g/mol. The van der Waals surface area contributed by atoms with Gasteiger partial charge in [-0.3, -0.25) is 5.41 Å². The molecule has 7 heteroatoms. The average Bonchev–Trinajstić information content (AvgIpc) is 2.47. The Bertz CT molecular complexity index is 836. The van der Waals surface area contributed by atoms with Crippen molar-refractivity contribution in [2.45, 2.75) is 13.5 Å². The molecule has 2 aromatic heterocycles. The number of benzene rings is 1. The van der Waals surface area contributed by atoms with Gasteiger partial charge >= 0.3 is 0 Å². The van der Waals surface area contributed by atoms with Crippen LogP contribution in [-0.2, 0) is 6.54 Å². The summed E-state index contributed by atoms with van der Waals surface area (Å²) in [6.45, 7) is 2.57. The van der Waals surface area contributed by atoms with E-state index in [2.05, 4.69) is 25.3 Å². The molecule has 7 nitrogen and oxygen atoms in total. The molecule has 0 saturated carbocycles. The van der Waals surface area contributed by atoms with Gasteiger partial charge in [0.15, 0.2) is 16.7 Å². The van der Waals surface area contributed by atoms with Gasteiger partial charge < -0.3 is 16.0 Å². The monoisotopic (exact) mass is 281 g/mol. The van der Waals surface area contributed by atoms with Gasteiger partial charge in [0.25, 0.3) is 0 Å². The van der Waals surface area contributed by atoms with Crippen molar-refractivity contribution >= 4 is 22.8 Å². The van der Waals surface area contributed by atoms with Crippen molar-refractivity contribution in [1.29, 1.82) is 5.41 Å². The second-order valence-corrected chi connectivity index (χ2v) is 4.75. The lowest BCUT2D eigenvalue weighted by atomic mass is 10.2. The van der Waals surface area contributed by atoms with Crippen LogP contribution in [0.4, 0.5) is 11.6 Å². The molecular formula is C14H15N7. The van der Waals surface area contributed by atoms with E-state index < -0.39 is 0 Å². The Morgan fingerprint density at radius 3 is 2.76 bits per heavy atom. The number of nitrogens with zero attached hydrogens (tertiary/aromatic N) is 3. The van der Waals surface area contributed by atoms with Crippen LogP contribution in [0.5, 0.6) is 0 Å². The zero-order valence-electron chi connectivity index (χ0n) is 11.5. The normalized spacial score (nSPS) is 10.7. The van der Waals surface area contributed by atoms with E-state index in [1.54, 1.807) is 6.20 Å². The largest absolute Gasteiger partial charge is 0.379 e. The Hall–Kier alpha value is -2.96. The highest BCUT2D eigenvalue weighted by Crippen LogP contribution is 2.10. The third kappa shape index (κ3) is 2.81. The van der Waals surface area contributed by atoms with Crippen LogP contribution < -0.4 is 16.5 Å². The lowest BCUT2D eigenvalue weighted by Gasteiger charge is -2.07. The first-order chi connectivity index (χ1) is 10.1. The number of aromatic nitrogens is 4. The molecule has 0 amide bonds. The smallest absolute Gasteiger partial charge is 0.201 e. The first kappa shape index (κ1) is 13.0. The number of aromatic amines is 1. The molecule has 5 N–H and O–H groups in total. The van der Waals surface area contributed by atoms with Gasteiger partial charge in [-0.05, 0) is 19.1 Å². The molecule has 0 spiro atoms.